The summed E-state index contributed by atoms with van der Waals surface area (Å²) < 4.78 is 13.3. The predicted octanol–water partition coefficient (Wildman–Crippen LogP) is 4.49. The van der Waals surface area contributed by atoms with Crippen molar-refractivity contribution in [2.45, 2.75) is 65.1 Å². The SMILES string of the molecule is CC(C)(C)CNC(=O)C[C@H](NC(=O)Cc1ccc(F)cc1)C(=O)N[C@@H](CCc1ccccc1)C(=O)NCc1ccccc1Cl. The quantitative estimate of drug-likeness (QED) is 0.212. The largest absolute Gasteiger partial charge is 0.355 e. The van der Waals surface area contributed by atoms with E-state index < -0.39 is 41.5 Å². The first-order valence-electron chi connectivity index (χ1n) is 14.6. The maximum absolute atomic E-state index is 13.6. The maximum atomic E-state index is 13.6. The summed E-state index contributed by atoms with van der Waals surface area (Å²) in [5.74, 6) is -2.48. The van der Waals surface area contributed by atoms with Gasteiger partial charge in [-0.25, -0.2) is 4.39 Å². The molecule has 2 atom stereocenters. The minimum absolute atomic E-state index is 0.122. The summed E-state index contributed by atoms with van der Waals surface area (Å²) in [5.41, 5.74) is 2.05. The summed E-state index contributed by atoms with van der Waals surface area (Å²) in [6, 6.07) is 19.9. The Kier molecular flexibility index (Phi) is 12.9. The molecule has 3 rings (SSSR count). The van der Waals surface area contributed by atoms with Gasteiger partial charge in [0.2, 0.25) is 23.6 Å². The molecule has 8 nitrogen and oxygen atoms in total. The van der Waals surface area contributed by atoms with Crippen LogP contribution in [0.2, 0.25) is 5.02 Å². The number of hydrogen-bond donors (Lipinski definition) is 4. The van der Waals surface area contributed by atoms with E-state index in [4.69, 9.17) is 11.6 Å². The van der Waals surface area contributed by atoms with Crippen LogP contribution in [0.3, 0.4) is 0 Å². The van der Waals surface area contributed by atoms with Gasteiger partial charge in [0.25, 0.3) is 0 Å². The third-order valence-corrected chi connectivity index (χ3v) is 7.11. The zero-order valence-corrected chi connectivity index (χ0v) is 26.0. The molecular weight excluding hydrogens is 583 g/mol. The molecule has 10 heteroatoms. The number of hydrogen-bond acceptors (Lipinski definition) is 4. The van der Waals surface area contributed by atoms with E-state index in [-0.39, 0.29) is 31.2 Å². The van der Waals surface area contributed by atoms with E-state index in [0.29, 0.717) is 23.6 Å². The van der Waals surface area contributed by atoms with Crippen LogP contribution in [0.25, 0.3) is 0 Å². The van der Waals surface area contributed by atoms with Gasteiger partial charge < -0.3 is 21.3 Å². The maximum Gasteiger partial charge on any atom is 0.243 e. The molecule has 3 aromatic carbocycles. The summed E-state index contributed by atoms with van der Waals surface area (Å²) in [6.45, 7) is 6.40. The van der Waals surface area contributed by atoms with Gasteiger partial charge in [-0.05, 0) is 53.1 Å². The van der Waals surface area contributed by atoms with Gasteiger partial charge in [0, 0.05) is 18.1 Å². The topological polar surface area (TPSA) is 116 Å². The predicted molar refractivity (Wildman–Crippen MR) is 169 cm³/mol. The summed E-state index contributed by atoms with van der Waals surface area (Å²) in [6.07, 6.45) is 0.322. The van der Waals surface area contributed by atoms with E-state index in [1.165, 1.54) is 24.3 Å². The Morgan fingerprint density at radius 2 is 1.41 bits per heavy atom. The molecule has 3 aromatic rings. The first-order valence-corrected chi connectivity index (χ1v) is 14.9. The smallest absolute Gasteiger partial charge is 0.243 e. The lowest BCUT2D eigenvalue weighted by atomic mass is 9.97. The van der Waals surface area contributed by atoms with E-state index in [1.54, 1.807) is 18.2 Å². The second kappa shape index (κ2) is 16.6. The lowest BCUT2D eigenvalue weighted by molar-refractivity contribution is -0.134. The number of carbonyl (C=O) groups is 4. The summed E-state index contributed by atoms with van der Waals surface area (Å²) in [4.78, 5) is 52.7. The van der Waals surface area contributed by atoms with Gasteiger partial charge >= 0.3 is 0 Å². The molecule has 0 aromatic heterocycles. The van der Waals surface area contributed by atoms with Crippen LogP contribution in [-0.4, -0.2) is 42.3 Å². The highest BCUT2D eigenvalue weighted by atomic mass is 35.5. The van der Waals surface area contributed by atoms with Crippen molar-refractivity contribution in [3.63, 3.8) is 0 Å². The standard InChI is InChI=1S/C34H40ClFN4O4/c1-34(2,3)22-38-30(41)20-29(39-31(42)19-24-13-16-26(36)17-14-24)33(44)40-28(18-15-23-9-5-4-6-10-23)32(43)37-21-25-11-7-8-12-27(25)35/h4-14,16-17,28-29H,15,18-22H2,1-3H3,(H,37,43)(H,38,41)(H,39,42)(H,40,44)/t28-,29-/m0/s1. The Morgan fingerprint density at radius 3 is 2.07 bits per heavy atom. The molecule has 0 fully saturated rings. The minimum atomic E-state index is -1.25. The van der Waals surface area contributed by atoms with Crippen LogP contribution in [-0.2, 0) is 38.6 Å². The number of benzene rings is 3. The first kappa shape index (κ1) is 34.3. The number of nitrogens with one attached hydrogen (secondary N) is 4. The van der Waals surface area contributed by atoms with Gasteiger partial charge in [-0.3, -0.25) is 19.2 Å². The van der Waals surface area contributed by atoms with Crippen LogP contribution in [0, 0.1) is 11.2 Å². The van der Waals surface area contributed by atoms with Crippen molar-refractivity contribution in [1.82, 2.24) is 21.3 Å². The Morgan fingerprint density at radius 1 is 0.750 bits per heavy atom. The van der Waals surface area contributed by atoms with Crippen LogP contribution in [0.15, 0.2) is 78.9 Å². The fourth-order valence-corrected chi connectivity index (χ4v) is 4.51. The van der Waals surface area contributed by atoms with Crippen molar-refractivity contribution in [3.05, 3.63) is 106 Å². The number of amides is 4. The first-order chi connectivity index (χ1) is 20.9. The summed E-state index contributed by atoms with van der Waals surface area (Å²) in [5, 5.41) is 11.5. The molecular formula is C34H40ClFN4O4. The van der Waals surface area contributed by atoms with Gasteiger partial charge in [0.05, 0.1) is 12.8 Å². The Hall–Kier alpha value is -4.24. The van der Waals surface area contributed by atoms with E-state index in [2.05, 4.69) is 21.3 Å². The minimum Gasteiger partial charge on any atom is -0.355 e. The monoisotopic (exact) mass is 622 g/mol. The van der Waals surface area contributed by atoms with Crippen molar-refractivity contribution < 1.29 is 23.6 Å². The number of halogens is 2. The molecule has 0 aliphatic rings. The Balaban J connectivity index is 1.76. The third kappa shape index (κ3) is 12.2. The van der Waals surface area contributed by atoms with E-state index in [1.807, 2.05) is 57.2 Å². The number of carbonyl (C=O) groups excluding carboxylic acids is 4. The molecule has 0 unspecified atom stereocenters. The third-order valence-electron chi connectivity index (χ3n) is 6.74. The molecule has 44 heavy (non-hydrogen) atoms. The number of aryl methyl sites for hydroxylation is 1. The molecule has 4 amide bonds. The zero-order valence-electron chi connectivity index (χ0n) is 25.3. The second-order valence-electron chi connectivity index (χ2n) is 11.9. The van der Waals surface area contributed by atoms with E-state index >= 15 is 0 Å². The van der Waals surface area contributed by atoms with Crippen molar-refractivity contribution in [3.8, 4) is 0 Å². The van der Waals surface area contributed by atoms with Gasteiger partial charge in [-0.15, -0.1) is 0 Å². The molecule has 0 saturated heterocycles. The molecule has 0 aliphatic carbocycles. The average molecular weight is 623 g/mol. The van der Waals surface area contributed by atoms with E-state index in [0.717, 1.165) is 11.1 Å². The van der Waals surface area contributed by atoms with Crippen molar-refractivity contribution in [2.75, 3.05) is 6.54 Å². The second-order valence-corrected chi connectivity index (χ2v) is 12.3. The molecule has 4 N–H and O–H groups in total. The molecule has 0 spiro atoms. The highest BCUT2D eigenvalue weighted by Gasteiger charge is 2.29. The van der Waals surface area contributed by atoms with E-state index in [9.17, 15) is 23.6 Å². The molecule has 234 valence electrons. The fraction of sp³-hybridized carbons (Fsp3) is 0.353. The van der Waals surface area contributed by atoms with Crippen molar-refractivity contribution >= 4 is 35.2 Å². The highest BCUT2D eigenvalue weighted by Crippen LogP contribution is 2.15. The lowest BCUT2D eigenvalue weighted by Gasteiger charge is -2.24. The summed E-state index contributed by atoms with van der Waals surface area (Å²) >= 11 is 6.25. The van der Waals surface area contributed by atoms with Gasteiger partial charge in [0.15, 0.2) is 0 Å². The molecule has 0 saturated carbocycles. The fourth-order valence-electron chi connectivity index (χ4n) is 4.31. The average Bonchev–Trinajstić information content (AvgIpc) is 2.98. The van der Waals surface area contributed by atoms with Crippen LogP contribution in [0.4, 0.5) is 4.39 Å². The Bertz CT molecular complexity index is 1410. The van der Waals surface area contributed by atoms with Crippen LogP contribution in [0.5, 0.6) is 0 Å². The van der Waals surface area contributed by atoms with Crippen molar-refractivity contribution in [1.29, 1.82) is 0 Å². The molecule has 0 aliphatic heterocycles. The molecule has 0 heterocycles. The highest BCUT2D eigenvalue weighted by molar-refractivity contribution is 6.31. The van der Waals surface area contributed by atoms with Crippen molar-refractivity contribution in [2.24, 2.45) is 5.41 Å². The van der Waals surface area contributed by atoms with Gasteiger partial charge in [-0.1, -0.05) is 93.0 Å². The van der Waals surface area contributed by atoms with Crippen LogP contribution < -0.4 is 21.3 Å². The lowest BCUT2D eigenvalue weighted by Crippen LogP contribution is -2.55. The Labute approximate surface area is 263 Å². The number of rotatable bonds is 14. The molecule has 0 radical (unpaired) electrons. The zero-order chi connectivity index (χ0) is 32.1. The van der Waals surface area contributed by atoms with Crippen LogP contribution >= 0.6 is 11.6 Å². The summed E-state index contributed by atoms with van der Waals surface area (Å²) in [7, 11) is 0. The van der Waals surface area contributed by atoms with Gasteiger partial charge in [0.1, 0.15) is 17.9 Å². The van der Waals surface area contributed by atoms with Crippen LogP contribution in [0.1, 0.15) is 50.3 Å². The molecule has 0 bridgehead atoms. The van der Waals surface area contributed by atoms with Gasteiger partial charge in [-0.2, -0.15) is 0 Å². The normalized spacial score (nSPS) is 12.5.